The molecular weight excluding hydrogens is 324 g/mol. The molecule has 0 saturated carbocycles. The first-order valence-electron chi connectivity index (χ1n) is 7.22. The summed E-state index contributed by atoms with van der Waals surface area (Å²) in [5, 5.41) is 29.8. The van der Waals surface area contributed by atoms with Crippen LogP contribution < -0.4 is 5.56 Å². The molecule has 1 aliphatic rings. The number of thioether (sulfide) groups is 1. The number of imidazole rings is 1. The Morgan fingerprint density at radius 2 is 2.09 bits per heavy atom. The fourth-order valence-electron chi connectivity index (χ4n) is 2.68. The van der Waals surface area contributed by atoms with Crippen LogP contribution in [0.4, 0.5) is 0 Å². The number of aryl methyl sites for hydroxylation is 1. The largest absolute Gasteiger partial charge is 0.394 e. The zero-order valence-corrected chi connectivity index (χ0v) is 13.4. The standard InChI is InChI=1S/C13H18N4O5S/c1-3-23-13-15-10-7(11(21)16-13)14-5(2)17(10)12-9(20)8(19)6(4-18)22-12/h6,8-9,12,18-20H,3-4H2,1-2H3,(H,15,16,21)/t6-,8-,9-,12-/m1/s1. The monoisotopic (exact) mass is 342 g/mol. The van der Waals surface area contributed by atoms with Gasteiger partial charge in [-0.2, -0.15) is 0 Å². The second-order valence-corrected chi connectivity index (χ2v) is 6.49. The molecule has 0 radical (unpaired) electrons. The second-order valence-electron chi connectivity index (χ2n) is 5.23. The molecule has 1 fully saturated rings. The van der Waals surface area contributed by atoms with E-state index in [0.717, 1.165) is 5.75 Å². The first-order valence-corrected chi connectivity index (χ1v) is 8.20. The molecule has 2 aromatic rings. The lowest BCUT2D eigenvalue weighted by Crippen LogP contribution is -2.33. The Morgan fingerprint density at radius 3 is 2.70 bits per heavy atom. The molecule has 4 N–H and O–H groups in total. The Kier molecular flexibility index (Phi) is 4.43. The summed E-state index contributed by atoms with van der Waals surface area (Å²) in [5.41, 5.74) is 0.0391. The first-order chi connectivity index (χ1) is 11.0. The topological polar surface area (TPSA) is 133 Å². The minimum Gasteiger partial charge on any atom is -0.394 e. The number of aliphatic hydroxyl groups excluding tert-OH is 3. The number of fused-ring (bicyclic) bond motifs is 1. The third-order valence-electron chi connectivity index (χ3n) is 3.76. The number of nitrogens with zero attached hydrogens (tertiary/aromatic N) is 3. The fraction of sp³-hybridized carbons (Fsp3) is 0.615. The zero-order chi connectivity index (χ0) is 16.7. The normalized spacial score (nSPS) is 27.9. The van der Waals surface area contributed by atoms with E-state index in [4.69, 9.17) is 4.74 Å². The van der Waals surface area contributed by atoms with Gasteiger partial charge in [-0.25, -0.2) is 9.97 Å². The van der Waals surface area contributed by atoms with Crippen LogP contribution in [0.3, 0.4) is 0 Å². The molecule has 126 valence electrons. The number of ether oxygens (including phenoxy) is 1. The Bertz CT molecular complexity index is 776. The number of aliphatic hydroxyl groups is 3. The van der Waals surface area contributed by atoms with E-state index in [0.29, 0.717) is 11.0 Å². The highest BCUT2D eigenvalue weighted by Crippen LogP contribution is 2.32. The summed E-state index contributed by atoms with van der Waals surface area (Å²) in [5.74, 6) is 1.15. The van der Waals surface area contributed by atoms with E-state index in [1.165, 1.54) is 16.3 Å². The molecule has 2 aromatic heterocycles. The van der Waals surface area contributed by atoms with Crippen molar-refractivity contribution >= 4 is 22.9 Å². The average molecular weight is 342 g/mol. The molecule has 23 heavy (non-hydrogen) atoms. The number of aromatic nitrogens is 4. The van der Waals surface area contributed by atoms with Crippen LogP contribution in [0.5, 0.6) is 0 Å². The number of rotatable bonds is 4. The Balaban J connectivity index is 2.14. The predicted molar refractivity (Wildman–Crippen MR) is 82.3 cm³/mol. The summed E-state index contributed by atoms with van der Waals surface area (Å²) in [7, 11) is 0. The van der Waals surface area contributed by atoms with Crippen LogP contribution in [-0.2, 0) is 4.74 Å². The Labute approximate surface area is 135 Å². The minimum atomic E-state index is -1.26. The number of H-pyrrole nitrogens is 1. The van der Waals surface area contributed by atoms with E-state index in [2.05, 4.69) is 15.0 Å². The maximum absolute atomic E-state index is 12.1. The van der Waals surface area contributed by atoms with Crippen molar-refractivity contribution in [2.24, 2.45) is 0 Å². The predicted octanol–water partition coefficient (Wildman–Crippen LogP) is -0.848. The molecule has 4 atom stereocenters. The Morgan fingerprint density at radius 1 is 1.35 bits per heavy atom. The molecule has 0 bridgehead atoms. The second kappa shape index (κ2) is 6.21. The number of aromatic amines is 1. The maximum atomic E-state index is 12.1. The first kappa shape index (κ1) is 16.4. The van der Waals surface area contributed by atoms with Crippen LogP contribution in [0.15, 0.2) is 9.95 Å². The lowest BCUT2D eigenvalue weighted by Gasteiger charge is -2.18. The van der Waals surface area contributed by atoms with Gasteiger partial charge < -0.3 is 20.1 Å². The molecule has 0 spiro atoms. The third kappa shape index (κ3) is 2.66. The van der Waals surface area contributed by atoms with Crippen LogP contribution in [0, 0.1) is 6.92 Å². The van der Waals surface area contributed by atoms with Crippen LogP contribution in [0.2, 0.25) is 0 Å². The van der Waals surface area contributed by atoms with E-state index in [-0.39, 0.29) is 16.7 Å². The van der Waals surface area contributed by atoms with Crippen molar-refractivity contribution in [3.05, 3.63) is 16.2 Å². The van der Waals surface area contributed by atoms with Crippen molar-refractivity contribution in [3.8, 4) is 0 Å². The molecule has 0 amide bonds. The highest BCUT2D eigenvalue weighted by Gasteiger charge is 2.44. The smallest absolute Gasteiger partial charge is 0.279 e. The molecule has 0 aromatic carbocycles. The number of hydrogen-bond donors (Lipinski definition) is 4. The summed E-state index contributed by atoms with van der Waals surface area (Å²) in [6.07, 6.45) is -4.36. The average Bonchev–Trinajstić information content (AvgIpc) is 2.98. The molecule has 1 saturated heterocycles. The number of hydrogen-bond acceptors (Lipinski definition) is 8. The zero-order valence-electron chi connectivity index (χ0n) is 12.6. The maximum Gasteiger partial charge on any atom is 0.279 e. The van der Waals surface area contributed by atoms with Gasteiger partial charge in [0, 0.05) is 0 Å². The van der Waals surface area contributed by atoms with Gasteiger partial charge in [-0.05, 0) is 12.7 Å². The van der Waals surface area contributed by atoms with E-state index in [1.54, 1.807) is 6.92 Å². The van der Waals surface area contributed by atoms with Crippen molar-refractivity contribution in [1.29, 1.82) is 0 Å². The highest BCUT2D eigenvalue weighted by molar-refractivity contribution is 7.99. The molecule has 0 aliphatic carbocycles. The van der Waals surface area contributed by atoms with Crippen LogP contribution in [-0.4, -0.2) is 65.5 Å². The van der Waals surface area contributed by atoms with Crippen molar-refractivity contribution in [2.45, 2.75) is 43.5 Å². The summed E-state index contributed by atoms with van der Waals surface area (Å²) < 4.78 is 7.00. The molecule has 1 aliphatic heterocycles. The molecule has 10 heteroatoms. The van der Waals surface area contributed by atoms with Gasteiger partial charge in [0.15, 0.2) is 22.5 Å². The van der Waals surface area contributed by atoms with Gasteiger partial charge in [-0.15, -0.1) is 0 Å². The van der Waals surface area contributed by atoms with Gasteiger partial charge >= 0.3 is 0 Å². The number of nitrogens with one attached hydrogen (secondary N) is 1. The summed E-state index contributed by atoms with van der Waals surface area (Å²) >= 11 is 1.37. The van der Waals surface area contributed by atoms with E-state index in [1.807, 2.05) is 6.92 Å². The van der Waals surface area contributed by atoms with Crippen molar-refractivity contribution in [3.63, 3.8) is 0 Å². The fourth-order valence-corrected chi connectivity index (χ4v) is 3.26. The minimum absolute atomic E-state index is 0.140. The van der Waals surface area contributed by atoms with Gasteiger partial charge in [0.25, 0.3) is 5.56 Å². The van der Waals surface area contributed by atoms with Crippen LogP contribution >= 0.6 is 11.8 Å². The van der Waals surface area contributed by atoms with Gasteiger partial charge in [0.2, 0.25) is 0 Å². The lowest BCUT2D eigenvalue weighted by molar-refractivity contribution is -0.0519. The highest BCUT2D eigenvalue weighted by atomic mass is 32.2. The van der Waals surface area contributed by atoms with Gasteiger partial charge in [-0.1, -0.05) is 18.7 Å². The van der Waals surface area contributed by atoms with Crippen LogP contribution in [0.25, 0.3) is 11.2 Å². The van der Waals surface area contributed by atoms with Gasteiger partial charge in [0.05, 0.1) is 6.61 Å². The summed E-state index contributed by atoms with van der Waals surface area (Å²) in [6.45, 7) is 3.16. The molecular formula is C13H18N4O5S. The molecule has 9 nitrogen and oxygen atoms in total. The lowest BCUT2D eigenvalue weighted by atomic mass is 10.1. The quantitative estimate of drug-likeness (QED) is 0.417. The van der Waals surface area contributed by atoms with Crippen LogP contribution in [0.1, 0.15) is 19.0 Å². The van der Waals surface area contributed by atoms with E-state index < -0.39 is 31.1 Å². The van der Waals surface area contributed by atoms with Crippen molar-refractivity contribution in [1.82, 2.24) is 19.5 Å². The van der Waals surface area contributed by atoms with Gasteiger partial charge in [-0.3, -0.25) is 14.3 Å². The van der Waals surface area contributed by atoms with E-state index in [9.17, 15) is 20.1 Å². The van der Waals surface area contributed by atoms with Gasteiger partial charge in [0.1, 0.15) is 24.1 Å². The summed E-state index contributed by atoms with van der Waals surface area (Å²) in [4.78, 5) is 23.3. The SMILES string of the molecule is CCSc1nc2c(nc(C)n2[C@@H]2O[C@H](CO)[C@@H](O)[C@H]2O)c(=O)[nH]1. The third-order valence-corrected chi connectivity index (χ3v) is 4.51. The van der Waals surface area contributed by atoms with Crippen molar-refractivity contribution < 1.29 is 20.1 Å². The van der Waals surface area contributed by atoms with Crippen molar-refractivity contribution in [2.75, 3.05) is 12.4 Å². The molecule has 3 rings (SSSR count). The summed E-state index contributed by atoms with van der Waals surface area (Å²) in [6, 6.07) is 0. The van der Waals surface area contributed by atoms with E-state index >= 15 is 0 Å². The molecule has 0 unspecified atom stereocenters. The Hall–Kier alpha value is -1.46. The molecule has 3 heterocycles.